The van der Waals surface area contributed by atoms with Gasteiger partial charge in [-0.2, -0.15) is 4.98 Å². The van der Waals surface area contributed by atoms with E-state index in [0.717, 1.165) is 24.0 Å². The molecule has 1 aromatic heterocycles. The molecule has 0 bridgehead atoms. The molecule has 1 amide bonds. The summed E-state index contributed by atoms with van der Waals surface area (Å²) in [6.45, 7) is 10.2. The average Bonchev–Trinajstić information content (AvgIpc) is 2.99. The summed E-state index contributed by atoms with van der Waals surface area (Å²) in [4.78, 5) is 16.1. The van der Waals surface area contributed by atoms with Crippen molar-refractivity contribution < 1.29 is 14.1 Å². The average molecular weight is 345 g/mol. The second-order valence-electron chi connectivity index (χ2n) is 7.50. The molecular weight excluding hydrogens is 318 g/mol. The normalized spacial score (nSPS) is 11.6. The first-order valence-corrected chi connectivity index (χ1v) is 8.61. The quantitative estimate of drug-likeness (QED) is 0.842. The Bertz CT molecular complexity index is 685. The van der Waals surface area contributed by atoms with Crippen LogP contribution in [0, 0.1) is 5.92 Å². The molecule has 0 radical (unpaired) electrons. The van der Waals surface area contributed by atoms with Crippen molar-refractivity contribution in [3.8, 4) is 11.4 Å². The van der Waals surface area contributed by atoms with Crippen molar-refractivity contribution in [2.45, 2.75) is 59.6 Å². The van der Waals surface area contributed by atoms with E-state index in [1.54, 1.807) is 0 Å². The summed E-state index contributed by atoms with van der Waals surface area (Å²) in [6, 6.07) is 7.69. The Hall–Kier alpha value is -2.37. The molecule has 1 N–H and O–H groups in total. The Kier molecular flexibility index (Phi) is 6.17. The molecule has 0 spiro atoms. The summed E-state index contributed by atoms with van der Waals surface area (Å²) >= 11 is 0. The summed E-state index contributed by atoms with van der Waals surface area (Å²) in [6.07, 6.45) is 1.39. The smallest absolute Gasteiger partial charge is 0.407 e. The Labute approximate surface area is 149 Å². The maximum absolute atomic E-state index is 11.7. The second-order valence-corrected chi connectivity index (χ2v) is 7.50. The Morgan fingerprint density at radius 1 is 1.24 bits per heavy atom. The van der Waals surface area contributed by atoms with Crippen LogP contribution in [0.25, 0.3) is 11.4 Å². The number of nitrogens with zero attached hydrogens (tertiary/aromatic N) is 2. The van der Waals surface area contributed by atoms with Crippen molar-refractivity contribution in [3.05, 3.63) is 35.7 Å². The van der Waals surface area contributed by atoms with E-state index in [1.807, 2.05) is 45.0 Å². The lowest BCUT2D eigenvalue weighted by molar-refractivity contribution is 0.0523. The second kappa shape index (κ2) is 8.14. The number of ether oxygens (including phenoxy) is 1. The van der Waals surface area contributed by atoms with Crippen LogP contribution >= 0.6 is 0 Å². The lowest BCUT2D eigenvalue weighted by atomic mass is 10.1. The molecular formula is C19H27N3O3. The van der Waals surface area contributed by atoms with Crippen LogP contribution in [0.15, 0.2) is 28.8 Å². The number of aryl methyl sites for hydroxylation is 1. The number of amides is 1. The molecule has 0 fully saturated rings. The molecule has 1 aromatic carbocycles. The molecule has 0 saturated carbocycles. The van der Waals surface area contributed by atoms with Crippen LogP contribution in [-0.2, 0) is 17.7 Å². The summed E-state index contributed by atoms with van der Waals surface area (Å²) in [5, 5.41) is 6.77. The highest BCUT2D eigenvalue weighted by atomic mass is 16.6. The summed E-state index contributed by atoms with van der Waals surface area (Å²) in [7, 11) is 0. The highest BCUT2D eigenvalue weighted by molar-refractivity contribution is 5.67. The molecule has 0 unspecified atom stereocenters. The molecule has 136 valence electrons. The van der Waals surface area contributed by atoms with Crippen molar-refractivity contribution in [1.29, 1.82) is 0 Å². The summed E-state index contributed by atoms with van der Waals surface area (Å²) < 4.78 is 10.5. The van der Waals surface area contributed by atoms with Crippen molar-refractivity contribution >= 4 is 6.09 Å². The minimum Gasteiger partial charge on any atom is -0.444 e. The highest BCUT2D eigenvalue weighted by Gasteiger charge is 2.15. The number of carbonyl (C=O) groups is 1. The van der Waals surface area contributed by atoms with Crippen LogP contribution in [-0.4, -0.2) is 21.8 Å². The van der Waals surface area contributed by atoms with Crippen molar-refractivity contribution in [1.82, 2.24) is 15.5 Å². The van der Waals surface area contributed by atoms with Gasteiger partial charge < -0.3 is 14.6 Å². The Morgan fingerprint density at radius 3 is 2.52 bits per heavy atom. The van der Waals surface area contributed by atoms with E-state index in [9.17, 15) is 4.79 Å². The SMILES string of the molecule is CC(C)CCc1nc(-c2ccc(CNC(=O)OC(C)(C)C)cc2)no1. The van der Waals surface area contributed by atoms with E-state index in [-0.39, 0.29) is 0 Å². The van der Waals surface area contributed by atoms with Gasteiger partial charge in [-0.05, 0) is 38.7 Å². The van der Waals surface area contributed by atoms with E-state index in [2.05, 4.69) is 29.3 Å². The number of alkyl carbamates (subject to hydrolysis) is 1. The minimum atomic E-state index is -0.500. The van der Waals surface area contributed by atoms with E-state index < -0.39 is 11.7 Å². The number of benzene rings is 1. The maximum Gasteiger partial charge on any atom is 0.407 e. The third-order valence-corrected chi connectivity index (χ3v) is 3.45. The standard InChI is InChI=1S/C19H27N3O3/c1-13(2)6-11-16-21-17(22-25-16)15-9-7-14(8-10-15)12-20-18(23)24-19(3,4)5/h7-10,13H,6,11-12H2,1-5H3,(H,20,23). The topological polar surface area (TPSA) is 77.2 Å². The number of nitrogens with one attached hydrogen (secondary N) is 1. The first-order valence-electron chi connectivity index (χ1n) is 8.61. The zero-order chi connectivity index (χ0) is 18.4. The number of rotatable bonds is 6. The van der Waals surface area contributed by atoms with Gasteiger partial charge in [0.15, 0.2) is 0 Å². The van der Waals surface area contributed by atoms with Gasteiger partial charge in [0.2, 0.25) is 11.7 Å². The molecule has 2 rings (SSSR count). The molecule has 0 saturated heterocycles. The van der Waals surface area contributed by atoms with Crippen LogP contribution in [0.5, 0.6) is 0 Å². The Morgan fingerprint density at radius 2 is 1.92 bits per heavy atom. The van der Waals surface area contributed by atoms with E-state index in [0.29, 0.717) is 24.2 Å². The minimum absolute atomic E-state index is 0.404. The van der Waals surface area contributed by atoms with E-state index >= 15 is 0 Å². The van der Waals surface area contributed by atoms with Crippen LogP contribution in [0.3, 0.4) is 0 Å². The molecule has 2 aromatic rings. The van der Waals surface area contributed by atoms with Gasteiger partial charge in [0.25, 0.3) is 0 Å². The first kappa shape index (κ1) is 19.0. The van der Waals surface area contributed by atoms with Gasteiger partial charge in [0.1, 0.15) is 5.60 Å². The summed E-state index contributed by atoms with van der Waals surface area (Å²) in [5.41, 5.74) is 1.36. The van der Waals surface area contributed by atoms with Gasteiger partial charge in [0, 0.05) is 18.5 Å². The van der Waals surface area contributed by atoms with Gasteiger partial charge in [-0.25, -0.2) is 4.79 Å². The molecule has 6 heteroatoms. The zero-order valence-corrected chi connectivity index (χ0v) is 15.6. The van der Waals surface area contributed by atoms with Gasteiger partial charge in [0.05, 0.1) is 0 Å². The fourth-order valence-electron chi connectivity index (χ4n) is 2.15. The van der Waals surface area contributed by atoms with Crippen LogP contribution in [0.4, 0.5) is 4.79 Å². The van der Waals surface area contributed by atoms with Crippen LogP contribution in [0.1, 0.15) is 52.5 Å². The third kappa shape index (κ3) is 6.57. The fraction of sp³-hybridized carbons (Fsp3) is 0.526. The molecule has 0 aliphatic heterocycles. The first-order chi connectivity index (χ1) is 11.7. The number of aromatic nitrogens is 2. The molecule has 1 heterocycles. The van der Waals surface area contributed by atoms with Gasteiger partial charge in [-0.3, -0.25) is 0 Å². The maximum atomic E-state index is 11.7. The molecule has 0 aliphatic carbocycles. The fourth-order valence-corrected chi connectivity index (χ4v) is 2.15. The van der Waals surface area contributed by atoms with Crippen molar-refractivity contribution in [2.24, 2.45) is 5.92 Å². The lowest BCUT2D eigenvalue weighted by Crippen LogP contribution is -2.32. The Balaban J connectivity index is 1.90. The molecule has 6 nitrogen and oxygen atoms in total. The van der Waals surface area contributed by atoms with E-state index in [1.165, 1.54) is 0 Å². The van der Waals surface area contributed by atoms with Crippen molar-refractivity contribution in [2.75, 3.05) is 0 Å². The summed E-state index contributed by atoms with van der Waals surface area (Å²) in [5.74, 6) is 1.86. The number of hydrogen-bond acceptors (Lipinski definition) is 5. The predicted octanol–water partition coefficient (Wildman–Crippen LogP) is 4.35. The van der Waals surface area contributed by atoms with Gasteiger partial charge >= 0.3 is 6.09 Å². The van der Waals surface area contributed by atoms with Gasteiger partial charge in [-0.1, -0.05) is 43.3 Å². The van der Waals surface area contributed by atoms with E-state index in [4.69, 9.17) is 9.26 Å². The molecule has 0 aliphatic rings. The van der Waals surface area contributed by atoms with Crippen molar-refractivity contribution in [3.63, 3.8) is 0 Å². The lowest BCUT2D eigenvalue weighted by Gasteiger charge is -2.19. The molecule has 25 heavy (non-hydrogen) atoms. The third-order valence-electron chi connectivity index (χ3n) is 3.45. The van der Waals surface area contributed by atoms with Gasteiger partial charge in [-0.15, -0.1) is 0 Å². The largest absolute Gasteiger partial charge is 0.444 e. The highest BCUT2D eigenvalue weighted by Crippen LogP contribution is 2.18. The number of hydrogen-bond donors (Lipinski definition) is 1. The predicted molar refractivity (Wildman–Crippen MR) is 96.0 cm³/mol. The van der Waals surface area contributed by atoms with Crippen LogP contribution in [0.2, 0.25) is 0 Å². The number of carbonyl (C=O) groups excluding carboxylic acids is 1. The van der Waals surface area contributed by atoms with Crippen LogP contribution < -0.4 is 5.32 Å². The monoisotopic (exact) mass is 345 g/mol. The molecule has 0 atom stereocenters. The zero-order valence-electron chi connectivity index (χ0n) is 15.6.